The first-order chi connectivity index (χ1) is 30.2. The molecule has 3 atom stereocenters. The van der Waals surface area contributed by atoms with E-state index in [0.29, 0.717) is 37.5 Å². The number of rotatable bonds is 8. The van der Waals surface area contributed by atoms with Crippen molar-refractivity contribution in [1.82, 2.24) is 0 Å². The van der Waals surface area contributed by atoms with E-state index in [9.17, 15) is 14.6 Å². The second-order valence-electron chi connectivity index (χ2n) is 17.6. The Hall–Kier alpha value is -1.89. The summed E-state index contributed by atoms with van der Waals surface area (Å²) >= 11 is 0. The third-order valence-electron chi connectivity index (χ3n) is 10.5. The van der Waals surface area contributed by atoms with Crippen LogP contribution in [0.3, 0.4) is 0 Å². The lowest BCUT2D eigenvalue weighted by Crippen LogP contribution is -2.37. The summed E-state index contributed by atoms with van der Waals surface area (Å²) in [5.41, 5.74) is 0. The van der Waals surface area contributed by atoms with E-state index in [0.717, 1.165) is 141 Å². The van der Waals surface area contributed by atoms with Gasteiger partial charge in [0.15, 0.2) is 0 Å². The van der Waals surface area contributed by atoms with Crippen LogP contribution in [0.15, 0.2) is 0 Å². The Labute approximate surface area is 380 Å². The van der Waals surface area contributed by atoms with Crippen molar-refractivity contribution in [2.45, 2.75) is 192 Å². The smallest absolute Gasteiger partial charge is 0.268 e. The number of ether oxygens (including phenoxy) is 4. The highest BCUT2D eigenvalue weighted by Gasteiger charge is 2.18. The quantitative estimate of drug-likeness (QED) is 0.145. The molecule has 0 aromatic carbocycles. The van der Waals surface area contributed by atoms with Crippen molar-refractivity contribution in [3.05, 3.63) is 0 Å². The molecule has 0 bridgehead atoms. The Balaban J connectivity index is 2.47. The fourth-order valence-corrected chi connectivity index (χ4v) is 7.32. The normalized spacial score (nSPS) is 23.0. The number of hydrogen-bond acceptors (Lipinski definition) is 9. The summed E-state index contributed by atoms with van der Waals surface area (Å²) in [6, 6.07) is 0. The van der Waals surface area contributed by atoms with E-state index in [2.05, 4.69) is 47.4 Å². The molecule has 1 aliphatic heterocycles. The minimum absolute atomic E-state index is 0.00257. The topological polar surface area (TPSA) is 116 Å². The molecule has 0 fully saturated rings. The fourth-order valence-electron chi connectivity index (χ4n) is 6.59. The van der Waals surface area contributed by atoms with Gasteiger partial charge in [0.05, 0.1) is 47.6 Å². The van der Waals surface area contributed by atoms with Gasteiger partial charge in [0.2, 0.25) is 0 Å². The van der Waals surface area contributed by atoms with Gasteiger partial charge in [0, 0.05) is 52.1 Å². The SMILES string of the molecule is C[N+](C)(C)CCOP(=O)([O-])OCC1COCCCCCCCCC#CC#CCCCCCCCCOCC(CO)OCCCCCCCCC#CC#CCCCCCCCCO1. The van der Waals surface area contributed by atoms with Gasteiger partial charge in [-0.05, 0) is 75.0 Å². The molecule has 0 aromatic heterocycles. The van der Waals surface area contributed by atoms with Crippen LogP contribution in [0.25, 0.3) is 0 Å². The molecule has 1 aliphatic rings. The molecule has 0 aliphatic carbocycles. The molecule has 10 nitrogen and oxygen atoms in total. The van der Waals surface area contributed by atoms with E-state index in [1.165, 1.54) is 44.9 Å². The van der Waals surface area contributed by atoms with E-state index in [1.807, 2.05) is 21.1 Å². The van der Waals surface area contributed by atoms with E-state index in [4.69, 9.17) is 28.0 Å². The highest BCUT2D eigenvalue weighted by Crippen LogP contribution is 2.38. The largest absolute Gasteiger partial charge is 0.756 e. The molecule has 0 spiro atoms. The van der Waals surface area contributed by atoms with Crippen molar-refractivity contribution in [2.24, 2.45) is 0 Å². The van der Waals surface area contributed by atoms with Crippen molar-refractivity contribution in [1.29, 1.82) is 0 Å². The summed E-state index contributed by atoms with van der Waals surface area (Å²) in [5.74, 6) is 24.9. The number of phosphoric ester groups is 1. The number of likely N-dealkylation sites (N-methyl/N-ethyl adjacent to an activating group) is 1. The Morgan fingerprint density at radius 2 is 0.855 bits per heavy atom. The monoisotopic (exact) mass is 890 g/mol. The fraction of sp³-hybridized carbons (Fsp3) is 0.843. The summed E-state index contributed by atoms with van der Waals surface area (Å²) in [6.45, 7) is 3.78. The number of aliphatic hydroxyl groups excluding tert-OH is 1. The Morgan fingerprint density at radius 1 is 0.516 bits per heavy atom. The van der Waals surface area contributed by atoms with Crippen LogP contribution in [0.1, 0.15) is 180 Å². The molecular weight excluding hydrogens is 802 g/mol. The van der Waals surface area contributed by atoms with Crippen molar-refractivity contribution >= 4 is 7.82 Å². The second-order valence-corrected chi connectivity index (χ2v) is 19.0. The van der Waals surface area contributed by atoms with Gasteiger partial charge in [-0.25, -0.2) is 0 Å². The lowest BCUT2D eigenvalue weighted by atomic mass is 10.1. The molecule has 0 saturated carbocycles. The van der Waals surface area contributed by atoms with Crippen molar-refractivity contribution in [2.75, 3.05) is 87.1 Å². The molecule has 3 unspecified atom stereocenters. The minimum Gasteiger partial charge on any atom is -0.756 e. The first-order valence-electron chi connectivity index (χ1n) is 24.5. The number of nitrogens with zero attached hydrogens (tertiary/aromatic N) is 1. The van der Waals surface area contributed by atoms with Crippen LogP contribution >= 0.6 is 7.82 Å². The zero-order chi connectivity index (χ0) is 44.9. The summed E-state index contributed by atoms with van der Waals surface area (Å²) in [7, 11) is 1.50. The predicted octanol–water partition coefficient (Wildman–Crippen LogP) is 9.94. The molecule has 0 radical (unpaired) electrons. The summed E-state index contributed by atoms with van der Waals surface area (Å²) in [4.78, 5) is 12.4. The first-order valence-corrected chi connectivity index (χ1v) is 26.0. The van der Waals surface area contributed by atoms with Gasteiger partial charge in [-0.15, -0.1) is 0 Å². The summed E-state index contributed by atoms with van der Waals surface area (Å²) < 4.78 is 47.0. The average molecular weight is 890 g/mol. The maximum atomic E-state index is 12.4. The Kier molecular flexibility index (Phi) is 40.3. The van der Waals surface area contributed by atoms with Crippen LogP contribution in [-0.4, -0.2) is 109 Å². The standard InChI is InChI=1S/C51H88NO9P/c1-52(2,3)40-45-60-62(54,55)61-49-51-48-57-42-37-33-29-25-21-17-13-9-5-4-8-12-16-20-24-28-32-36-41-56-47-50(46-53)58-43-38-34-30-26-22-18-14-10-6-7-11-15-19-23-27-31-35-39-44-59-51/h50-51,53H,12-49H2,1-3H3. The molecule has 1 heterocycles. The van der Waals surface area contributed by atoms with Crippen molar-refractivity contribution < 1.29 is 47.0 Å². The zero-order valence-corrected chi connectivity index (χ0v) is 40.5. The third-order valence-corrected chi connectivity index (χ3v) is 11.5. The summed E-state index contributed by atoms with van der Waals surface area (Å²) in [6.07, 6.45) is 29.8. The maximum absolute atomic E-state index is 12.4. The minimum atomic E-state index is -4.43. The van der Waals surface area contributed by atoms with Gasteiger partial charge in [-0.1, -0.05) is 126 Å². The van der Waals surface area contributed by atoms with Crippen LogP contribution in [-0.2, 0) is 32.6 Å². The van der Waals surface area contributed by atoms with Gasteiger partial charge in [-0.2, -0.15) is 0 Å². The van der Waals surface area contributed by atoms with E-state index in [1.54, 1.807) is 0 Å². The van der Waals surface area contributed by atoms with Gasteiger partial charge < -0.3 is 42.5 Å². The van der Waals surface area contributed by atoms with Crippen LogP contribution in [0.5, 0.6) is 0 Å². The van der Waals surface area contributed by atoms with Crippen molar-refractivity contribution in [3.63, 3.8) is 0 Å². The lowest BCUT2D eigenvalue weighted by Gasteiger charge is -2.28. The maximum Gasteiger partial charge on any atom is 0.268 e. The molecule has 1 N–H and O–H groups in total. The summed E-state index contributed by atoms with van der Waals surface area (Å²) in [5, 5.41) is 9.66. The van der Waals surface area contributed by atoms with Crippen LogP contribution in [0.4, 0.5) is 0 Å². The van der Waals surface area contributed by atoms with Gasteiger partial charge in [-0.3, -0.25) is 4.57 Å². The molecule has 0 aromatic rings. The van der Waals surface area contributed by atoms with E-state index in [-0.39, 0.29) is 32.5 Å². The van der Waals surface area contributed by atoms with Gasteiger partial charge in [0.25, 0.3) is 7.82 Å². The van der Waals surface area contributed by atoms with Gasteiger partial charge >= 0.3 is 0 Å². The van der Waals surface area contributed by atoms with E-state index < -0.39 is 13.9 Å². The van der Waals surface area contributed by atoms with Crippen molar-refractivity contribution in [3.8, 4) is 47.4 Å². The molecule has 0 amide bonds. The first kappa shape index (κ1) is 58.1. The van der Waals surface area contributed by atoms with Crippen LogP contribution in [0.2, 0.25) is 0 Å². The van der Waals surface area contributed by atoms with Gasteiger partial charge in [0.1, 0.15) is 25.4 Å². The zero-order valence-electron chi connectivity index (χ0n) is 39.6. The average Bonchev–Trinajstić information content (AvgIpc) is 3.24. The highest BCUT2D eigenvalue weighted by molar-refractivity contribution is 7.45. The highest BCUT2D eigenvalue weighted by atomic mass is 31.2. The number of hydrogen-bond donors (Lipinski definition) is 1. The number of quaternary nitrogens is 1. The third kappa shape index (κ3) is 43.4. The second kappa shape index (κ2) is 43.0. The molecule has 1 rings (SSSR count). The molecule has 356 valence electrons. The Bertz CT molecular complexity index is 1340. The van der Waals surface area contributed by atoms with E-state index >= 15 is 0 Å². The molecule has 0 saturated heterocycles. The number of phosphoric acid groups is 1. The van der Waals surface area contributed by atoms with Crippen LogP contribution < -0.4 is 4.89 Å². The molecular formula is C51H88NO9P. The lowest BCUT2D eigenvalue weighted by molar-refractivity contribution is -0.870. The Morgan fingerprint density at radius 3 is 1.24 bits per heavy atom. The number of aliphatic hydroxyl groups is 1. The predicted molar refractivity (Wildman–Crippen MR) is 251 cm³/mol. The molecule has 11 heteroatoms. The van der Waals surface area contributed by atoms with Crippen LogP contribution in [0, 0.1) is 47.4 Å². The molecule has 62 heavy (non-hydrogen) atoms.